The van der Waals surface area contributed by atoms with Crippen molar-refractivity contribution in [3.63, 3.8) is 0 Å². The van der Waals surface area contributed by atoms with Crippen LogP contribution < -0.4 is 5.32 Å². The van der Waals surface area contributed by atoms with Crippen LogP contribution in [0, 0.1) is 6.92 Å². The lowest BCUT2D eigenvalue weighted by molar-refractivity contribution is 0.872. The summed E-state index contributed by atoms with van der Waals surface area (Å²) in [6.07, 6.45) is 0. The van der Waals surface area contributed by atoms with E-state index in [0.717, 1.165) is 21.2 Å². The van der Waals surface area contributed by atoms with Gasteiger partial charge in [-0.3, -0.25) is 0 Å². The summed E-state index contributed by atoms with van der Waals surface area (Å²) >= 11 is 7.79. The molecule has 0 amide bonds. The summed E-state index contributed by atoms with van der Waals surface area (Å²) in [6.45, 7) is 4.20. The normalized spacial score (nSPS) is 12.6. The summed E-state index contributed by atoms with van der Waals surface area (Å²) in [5, 5.41) is 5.33. The summed E-state index contributed by atoms with van der Waals surface area (Å²) in [5.41, 5.74) is 3.30. The third-order valence-corrected chi connectivity index (χ3v) is 4.71. The number of halogens is 1. The highest BCUT2D eigenvalue weighted by Crippen LogP contribution is 2.30. The van der Waals surface area contributed by atoms with Crippen molar-refractivity contribution in [2.24, 2.45) is 0 Å². The van der Waals surface area contributed by atoms with E-state index in [4.69, 9.17) is 11.6 Å². The lowest BCUT2D eigenvalue weighted by Crippen LogP contribution is -2.07. The Morgan fingerprint density at radius 3 is 2.80 bits per heavy atom. The number of thiazole rings is 1. The van der Waals surface area contributed by atoms with Crippen LogP contribution in [0.25, 0.3) is 10.2 Å². The first kappa shape index (κ1) is 13.4. The zero-order chi connectivity index (χ0) is 14.1. The Morgan fingerprint density at radius 2 is 2.00 bits per heavy atom. The molecule has 0 fully saturated rings. The number of para-hydroxylation sites is 1. The van der Waals surface area contributed by atoms with E-state index in [2.05, 4.69) is 30.2 Å². The highest BCUT2D eigenvalue weighted by atomic mass is 35.5. The molecule has 0 aliphatic heterocycles. The molecule has 3 rings (SSSR count). The maximum Gasteiger partial charge on any atom is 0.116 e. The molecule has 1 atom stereocenters. The number of rotatable bonds is 3. The number of benzene rings is 2. The van der Waals surface area contributed by atoms with Gasteiger partial charge >= 0.3 is 0 Å². The van der Waals surface area contributed by atoms with Crippen LogP contribution in [0.4, 0.5) is 5.69 Å². The number of nitrogens with one attached hydrogen (secondary N) is 1. The van der Waals surface area contributed by atoms with Crippen LogP contribution in [-0.4, -0.2) is 4.98 Å². The first-order chi connectivity index (χ1) is 9.63. The summed E-state index contributed by atoms with van der Waals surface area (Å²) in [6, 6.07) is 14.3. The Labute approximate surface area is 127 Å². The quantitative estimate of drug-likeness (QED) is 0.697. The molecule has 0 saturated heterocycles. The average molecular weight is 303 g/mol. The fourth-order valence-corrected chi connectivity index (χ4v) is 3.26. The van der Waals surface area contributed by atoms with E-state index in [9.17, 15) is 0 Å². The molecule has 0 radical (unpaired) electrons. The molecule has 1 heterocycles. The molecule has 0 aliphatic rings. The highest BCUT2D eigenvalue weighted by molar-refractivity contribution is 7.18. The number of aryl methyl sites for hydroxylation is 1. The Balaban J connectivity index is 1.88. The number of hydrogen-bond acceptors (Lipinski definition) is 3. The molecule has 1 unspecified atom stereocenters. The minimum Gasteiger partial charge on any atom is -0.376 e. The minimum atomic E-state index is 0.157. The van der Waals surface area contributed by atoms with E-state index in [1.54, 1.807) is 11.3 Å². The van der Waals surface area contributed by atoms with Gasteiger partial charge in [-0.15, -0.1) is 11.3 Å². The molecular formula is C16H15ClN2S. The van der Waals surface area contributed by atoms with E-state index in [-0.39, 0.29) is 6.04 Å². The van der Waals surface area contributed by atoms with Crippen molar-refractivity contribution in [2.45, 2.75) is 19.9 Å². The molecule has 1 N–H and O–H groups in total. The first-order valence-electron chi connectivity index (χ1n) is 6.51. The Bertz CT molecular complexity index is 718. The largest absolute Gasteiger partial charge is 0.376 e. The van der Waals surface area contributed by atoms with Crippen molar-refractivity contribution in [1.29, 1.82) is 0 Å². The van der Waals surface area contributed by atoms with Crippen LogP contribution in [0.5, 0.6) is 0 Å². The van der Waals surface area contributed by atoms with E-state index in [1.165, 1.54) is 10.3 Å². The molecule has 0 saturated carbocycles. The third-order valence-electron chi connectivity index (χ3n) is 3.25. The second-order valence-corrected chi connectivity index (χ2v) is 6.34. The number of aromatic nitrogens is 1. The van der Waals surface area contributed by atoms with Gasteiger partial charge < -0.3 is 5.32 Å². The maximum atomic E-state index is 6.06. The predicted octanol–water partition coefficient (Wildman–Crippen LogP) is 5.43. The van der Waals surface area contributed by atoms with Crippen LogP contribution in [0.1, 0.15) is 23.5 Å². The standard InChI is InChI=1S/C16H15ClN2S/c1-10-7-8-12(17)9-14(10)18-11(2)16-19-13-5-3-4-6-15(13)20-16/h3-9,11,18H,1-2H3. The van der Waals surface area contributed by atoms with Crippen LogP contribution in [0.3, 0.4) is 0 Å². The van der Waals surface area contributed by atoms with Gasteiger partial charge in [0, 0.05) is 10.7 Å². The van der Waals surface area contributed by atoms with Crippen molar-refractivity contribution < 1.29 is 0 Å². The van der Waals surface area contributed by atoms with Gasteiger partial charge in [0.05, 0.1) is 16.3 Å². The molecule has 1 aromatic heterocycles. The molecule has 102 valence electrons. The van der Waals surface area contributed by atoms with Gasteiger partial charge in [-0.2, -0.15) is 0 Å². The van der Waals surface area contributed by atoms with E-state index >= 15 is 0 Å². The molecule has 20 heavy (non-hydrogen) atoms. The summed E-state index contributed by atoms with van der Waals surface area (Å²) < 4.78 is 1.22. The average Bonchev–Trinajstić information content (AvgIpc) is 2.87. The molecule has 4 heteroatoms. The van der Waals surface area contributed by atoms with Gasteiger partial charge in [-0.05, 0) is 43.7 Å². The van der Waals surface area contributed by atoms with E-state index in [0.29, 0.717) is 0 Å². The monoisotopic (exact) mass is 302 g/mol. The third kappa shape index (κ3) is 2.65. The molecule has 2 nitrogen and oxygen atoms in total. The van der Waals surface area contributed by atoms with Gasteiger partial charge in [0.2, 0.25) is 0 Å². The number of nitrogens with zero attached hydrogens (tertiary/aromatic N) is 1. The highest BCUT2D eigenvalue weighted by Gasteiger charge is 2.12. The molecule has 0 bridgehead atoms. The minimum absolute atomic E-state index is 0.157. The van der Waals surface area contributed by atoms with Gasteiger partial charge in [-0.25, -0.2) is 4.98 Å². The lowest BCUT2D eigenvalue weighted by atomic mass is 10.2. The van der Waals surface area contributed by atoms with Crippen LogP contribution in [0.15, 0.2) is 42.5 Å². The fraction of sp³-hybridized carbons (Fsp3) is 0.188. The Hall–Kier alpha value is -1.58. The Kier molecular flexibility index (Phi) is 3.64. The van der Waals surface area contributed by atoms with E-state index < -0.39 is 0 Å². The summed E-state index contributed by atoms with van der Waals surface area (Å²) in [4.78, 5) is 4.68. The van der Waals surface area contributed by atoms with E-state index in [1.807, 2.05) is 36.4 Å². The maximum absolute atomic E-state index is 6.06. The van der Waals surface area contributed by atoms with Gasteiger partial charge in [0.25, 0.3) is 0 Å². The smallest absolute Gasteiger partial charge is 0.116 e. The fourth-order valence-electron chi connectivity index (χ4n) is 2.12. The zero-order valence-electron chi connectivity index (χ0n) is 11.4. The van der Waals surface area contributed by atoms with Crippen molar-refractivity contribution >= 4 is 38.8 Å². The number of anilines is 1. The Morgan fingerprint density at radius 1 is 1.20 bits per heavy atom. The zero-order valence-corrected chi connectivity index (χ0v) is 12.9. The molecular weight excluding hydrogens is 288 g/mol. The SMILES string of the molecule is Cc1ccc(Cl)cc1NC(C)c1nc2ccccc2s1. The number of hydrogen-bond donors (Lipinski definition) is 1. The topological polar surface area (TPSA) is 24.9 Å². The summed E-state index contributed by atoms with van der Waals surface area (Å²) in [7, 11) is 0. The van der Waals surface area contributed by atoms with Crippen LogP contribution in [-0.2, 0) is 0 Å². The van der Waals surface area contributed by atoms with Crippen molar-refractivity contribution in [1.82, 2.24) is 4.98 Å². The molecule has 3 aromatic rings. The lowest BCUT2D eigenvalue weighted by Gasteiger charge is -2.15. The van der Waals surface area contributed by atoms with Gasteiger partial charge in [0.15, 0.2) is 0 Å². The van der Waals surface area contributed by atoms with Gasteiger partial charge in [0.1, 0.15) is 5.01 Å². The molecule has 0 aliphatic carbocycles. The van der Waals surface area contributed by atoms with Crippen molar-refractivity contribution in [3.05, 3.63) is 58.1 Å². The van der Waals surface area contributed by atoms with Crippen molar-refractivity contribution in [2.75, 3.05) is 5.32 Å². The first-order valence-corrected chi connectivity index (χ1v) is 7.71. The molecule has 2 aromatic carbocycles. The number of fused-ring (bicyclic) bond motifs is 1. The molecule has 0 spiro atoms. The van der Waals surface area contributed by atoms with Crippen LogP contribution in [0.2, 0.25) is 5.02 Å². The second-order valence-electron chi connectivity index (χ2n) is 4.85. The second kappa shape index (κ2) is 5.43. The van der Waals surface area contributed by atoms with Gasteiger partial charge in [-0.1, -0.05) is 29.8 Å². The summed E-state index contributed by atoms with van der Waals surface area (Å²) in [5.74, 6) is 0. The predicted molar refractivity (Wildman–Crippen MR) is 87.8 cm³/mol. The van der Waals surface area contributed by atoms with Crippen LogP contribution >= 0.6 is 22.9 Å². The van der Waals surface area contributed by atoms with Crippen molar-refractivity contribution in [3.8, 4) is 0 Å².